The average Bonchev–Trinajstić information content (AvgIpc) is 3.01. The largest absolute Gasteiger partial charge is 0.356 e. The number of aromatic nitrogens is 2. The smallest absolute Gasteiger partial charge is 0.175 e. The lowest BCUT2D eigenvalue weighted by atomic mass is 10.1. The number of rotatable bonds is 1. The van der Waals surface area contributed by atoms with Gasteiger partial charge in [-0.3, -0.25) is 0 Å². The maximum atomic E-state index is 5.28. The average molecular weight is 235 g/mol. The summed E-state index contributed by atoms with van der Waals surface area (Å²) in [6, 6.07) is 16.3. The monoisotopic (exact) mass is 235 g/mol. The topological polar surface area (TPSA) is 52.1 Å². The minimum atomic E-state index is 0.625. The van der Waals surface area contributed by atoms with Crippen LogP contribution in [0, 0.1) is 6.07 Å². The van der Waals surface area contributed by atoms with Crippen molar-refractivity contribution in [3.8, 4) is 11.4 Å². The molecule has 1 radical (unpaired) electrons. The first-order valence-electron chi connectivity index (χ1n) is 5.54. The summed E-state index contributed by atoms with van der Waals surface area (Å²) in [5.41, 5.74) is 2.75. The third-order valence-corrected chi connectivity index (χ3v) is 2.90. The molecule has 2 heterocycles. The van der Waals surface area contributed by atoms with Gasteiger partial charge in [0, 0.05) is 6.07 Å². The Kier molecular flexibility index (Phi) is 1.80. The molecule has 0 saturated heterocycles. The molecule has 0 spiro atoms. The molecule has 0 N–H and O–H groups in total. The van der Waals surface area contributed by atoms with Gasteiger partial charge in [0.15, 0.2) is 11.2 Å². The molecule has 0 aliphatic carbocycles. The molecule has 4 aromatic rings. The predicted molar refractivity (Wildman–Crippen MR) is 65.8 cm³/mol. The summed E-state index contributed by atoms with van der Waals surface area (Å²) in [6.07, 6.45) is 0. The van der Waals surface area contributed by atoms with E-state index in [1.807, 2.05) is 36.4 Å². The van der Waals surface area contributed by atoms with Crippen molar-refractivity contribution in [3.05, 3.63) is 48.5 Å². The number of hydrogen-bond donors (Lipinski definition) is 0. The SMILES string of the molecule is [c]1cccc2c(-c3noc4ccccc34)noc12. The van der Waals surface area contributed by atoms with Gasteiger partial charge < -0.3 is 9.05 Å². The third kappa shape index (κ3) is 1.20. The molecule has 4 nitrogen and oxygen atoms in total. The second-order valence-electron chi connectivity index (χ2n) is 3.97. The van der Waals surface area contributed by atoms with Crippen LogP contribution in [0.2, 0.25) is 0 Å². The van der Waals surface area contributed by atoms with Crippen molar-refractivity contribution in [3.63, 3.8) is 0 Å². The van der Waals surface area contributed by atoms with Crippen molar-refractivity contribution in [1.82, 2.24) is 10.3 Å². The maximum absolute atomic E-state index is 5.28. The van der Waals surface area contributed by atoms with Crippen molar-refractivity contribution in [2.75, 3.05) is 0 Å². The Bertz CT molecular complexity index is 773. The number of fused-ring (bicyclic) bond motifs is 2. The van der Waals surface area contributed by atoms with E-state index in [-0.39, 0.29) is 0 Å². The van der Waals surface area contributed by atoms with Gasteiger partial charge in [0.05, 0.1) is 10.8 Å². The molecule has 0 fully saturated rings. The van der Waals surface area contributed by atoms with Crippen LogP contribution in [-0.2, 0) is 0 Å². The van der Waals surface area contributed by atoms with Crippen LogP contribution in [0.1, 0.15) is 0 Å². The molecular weight excluding hydrogens is 228 g/mol. The molecule has 0 bridgehead atoms. The molecule has 0 saturated carbocycles. The lowest BCUT2D eigenvalue weighted by Crippen LogP contribution is -1.78. The quantitative estimate of drug-likeness (QED) is 0.507. The molecule has 85 valence electrons. The minimum Gasteiger partial charge on any atom is -0.356 e. The van der Waals surface area contributed by atoms with E-state index >= 15 is 0 Å². The second-order valence-corrected chi connectivity index (χ2v) is 3.97. The molecule has 4 rings (SSSR count). The molecule has 4 heteroatoms. The van der Waals surface area contributed by atoms with Gasteiger partial charge in [0.2, 0.25) is 0 Å². The summed E-state index contributed by atoms with van der Waals surface area (Å²) >= 11 is 0. The minimum absolute atomic E-state index is 0.625. The highest BCUT2D eigenvalue weighted by Crippen LogP contribution is 2.31. The predicted octanol–water partition coefficient (Wildman–Crippen LogP) is 3.44. The fourth-order valence-corrected chi connectivity index (χ4v) is 2.05. The Morgan fingerprint density at radius 1 is 0.833 bits per heavy atom. The summed E-state index contributed by atoms with van der Waals surface area (Å²) in [5.74, 6) is 0. The van der Waals surface area contributed by atoms with E-state index in [1.54, 1.807) is 6.07 Å². The Hall–Kier alpha value is -2.62. The van der Waals surface area contributed by atoms with Gasteiger partial charge in [-0.25, -0.2) is 0 Å². The van der Waals surface area contributed by atoms with Crippen LogP contribution in [0.25, 0.3) is 33.3 Å². The van der Waals surface area contributed by atoms with E-state index in [1.165, 1.54) is 0 Å². The summed E-state index contributed by atoms with van der Waals surface area (Å²) in [4.78, 5) is 0. The van der Waals surface area contributed by atoms with Gasteiger partial charge >= 0.3 is 0 Å². The molecule has 0 aliphatic heterocycles. The van der Waals surface area contributed by atoms with Crippen LogP contribution in [-0.4, -0.2) is 10.3 Å². The Morgan fingerprint density at radius 3 is 2.61 bits per heavy atom. The van der Waals surface area contributed by atoms with E-state index in [4.69, 9.17) is 9.05 Å². The zero-order valence-corrected chi connectivity index (χ0v) is 9.25. The summed E-state index contributed by atoms with van der Waals surface area (Å²) in [6.45, 7) is 0. The Labute approximate surface area is 102 Å². The fourth-order valence-electron chi connectivity index (χ4n) is 2.05. The third-order valence-electron chi connectivity index (χ3n) is 2.90. The number of benzene rings is 2. The van der Waals surface area contributed by atoms with Crippen LogP contribution >= 0.6 is 0 Å². The summed E-state index contributed by atoms with van der Waals surface area (Å²) < 4.78 is 10.5. The van der Waals surface area contributed by atoms with E-state index < -0.39 is 0 Å². The van der Waals surface area contributed by atoms with Crippen LogP contribution in [0.3, 0.4) is 0 Å². The molecule has 0 unspecified atom stereocenters. The highest BCUT2D eigenvalue weighted by atomic mass is 16.5. The van der Waals surface area contributed by atoms with Gasteiger partial charge in [-0.2, -0.15) is 0 Å². The van der Waals surface area contributed by atoms with Gasteiger partial charge in [-0.05, 0) is 18.2 Å². The van der Waals surface area contributed by atoms with Crippen LogP contribution in [0.5, 0.6) is 0 Å². The van der Waals surface area contributed by atoms with Crippen LogP contribution in [0.15, 0.2) is 51.5 Å². The zero-order chi connectivity index (χ0) is 11.9. The highest BCUT2D eigenvalue weighted by Gasteiger charge is 2.16. The van der Waals surface area contributed by atoms with Crippen molar-refractivity contribution >= 4 is 21.9 Å². The lowest BCUT2D eigenvalue weighted by molar-refractivity contribution is 0.447. The van der Waals surface area contributed by atoms with Crippen molar-refractivity contribution in [2.24, 2.45) is 0 Å². The van der Waals surface area contributed by atoms with Crippen molar-refractivity contribution in [1.29, 1.82) is 0 Å². The molecule has 0 aliphatic rings. The van der Waals surface area contributed by atoms with Crippen molar-refractivity contribution < 1.29 is 9.05 Å². The van der Waals surface area contributed by atoms with Crippen molar-refractivity contribution in [2.45, 2.75) is 0 Å². The fraction of sp³-hybridized carbons (Fsp3) is 0. The standard InChI is InChI=1S/C14H7N2O2/c1-3-7-11-9(5-1)13(15-17-11)14-10-6-2-4-8-12(10)18-16-14/h1-7H. The van der Waals surface area contributed by atoms with E-state index in [0.717, 1.165) is 16.4 Å². The maximum Gasteiger partial charge on any atom is 0.175 e. The normalized spacial score (nSPS) is 11.3. The van der Waals surface area contributed by atoms with Gasteiger partial charge in [-0.15, -0.1) is 0 Å². The van der Waals surface area contributed by atoms with E-state index in [2.05, 4.69) is 16.4 Å². The Morgan fingerprint density at radius 2 is 1.61 bits per heavy atom. The van der Waals surface area contributed by atoms with E-state index in [9.17, 15) is 0 Å². The van der Waals surface area contributed by atoms with E-state index in [0.29, 0.717) is 17.0 Å². The first-order chi connectivity index (χ1) is 8.93. The molecular formula is C14H7N2O2. The number of para-hydroxylation sites is 2. The lowest BCUT2D eigenvalue weighted by Gasteiger charge is -1.90. The zero-order valence-electron chi connectivity index (χ0n) is 9.25. The summed E-state index contributed by atoms with van der Waals surface area (Å²) in [7, 11) is 0. The number of hydrogen-bond acceptors (Lipinski definition) is 4. The molecule has 2 aromatic carbocycles. The number of nitrogens with zero attached hydrogens (tertiary/aromatic N) is 2. The Balaban J connectivity index is 2.08. The van der Waals surface area contributed by atoms with Gasteiger partial charge in [0.1, 0.15) is 11.4 Å². The first-order valence-corrected chi connectivity index (χ1v) is 5.54. The molecule has 0 atom stereocenters. The van der Waals surface area contributed by atoms with Gasteiger partial charge in [-0.1, -0.05) is 34.6 Å². The van der Waals surface area contributed by atoms with Gasteiger partial charge in [0.25, 0.3) is 0 Å². The van der Waals surface area contributed by atoms with Crippen LogP contribution < -0.4 is 0 Å². The molecule has 18 heavy (non-hydrogen) atoms. The highest BCUT2D eigenvalue weighted by molar-refractivity contribution is 5.99. The first kappa shape index (κ1) is 9.41. The summed E-state index contributed by atoms with van der Waals surface area (Å²) in [5, 5.41) is 9.95. The van der Waals surface area contributed by atoms with Crippen LogP contribution in [0.4, 0.5) is 0 Å². The second kappa shape index (κ2) is 3.43. The molecule has 0 amide bonds. The molecule has 2 aromatic heterocycles.